The normalized spacial score (nSPS) is 43.5. The third-order valence-corrected chi connectivity index (χ3v) is 25.3. The summed E-state index contributed by atoms with van der Waals surface area (Å²) in [6, 6.07) is 4.25. The molecule has 382 valence electrons. The number of furan rings is 2. The highest BCUT2D eigenvalue weighted by molar-refractivity contribution is 8.00. The van der Waals surface area contributed by atoms with Crippen molar-refractivity contribution in [1.29, 1.82) is 0 Å². The molecular weight excluding hydrogens is 909 g/mol. The Hall–Kier alpha value is -2.40. The van der Waals surface area contributed by atoms with Gasteiger partial charge in [0.2, 0.25) is 0 Å². The van der Waals surface area contributed by atoms with Gasteiger partial charge in [-0.05, 0) is 212 Å². The first-order valence-corrected chi connectivity index (χ1v) is 30.6. The lowest BCUT2D eigenvalue weighted by molar-refractivity contribution is -0.233. The summed E-state index contributed by atoms with van der Waals surface area (Å²) in [6.07, 6.45) is 34.6. The van der Waals surface area contributed by atoms with E-state index in [1.54, 1.807) is 23.7 Å². The molecule has 2 aromatic heterocycles. The number of hydrogen-bond donors (Lipinski definition) is 0. The molecule has 70 heavy (non-hydrogen) atoms. The Morgan fingerprint density at radius 3 is 1.39 bits per heavy atom. The molecule has 0 spiro atoms. The highest BCUT2D eigenvalue weighted by atomic mass is 32.2. The summed E-state index contributed by atoms with van der Waals surface area (Å²) in [6.45, 7) is 17.4. The fourth-order valence-electron chi connectivity index (χ4n) is 19.1. The van der Waals surface area contributed by atoms with E-state index < -0.39 is 23.1 Å². The molecule has 2 saturated heterocycles. The lowest BCUT2D eigenvalue weighted by Crippen LogP contribution is -2.64. The van der Waals surface area contributed by atoms with Crippen LogP contribution in [0, 0.1) is 45.3 Å². The molecule has 8 fully saturated rings. The molecule has 8 nitrogen and oxygen atoms in total. The lowest BCUT2D eigenvalue weighted by Gasteiger charge is -2.63. The number of hydrogen-bond acceptors (Lipinski definition) is 10. The fraction of sp³-hybridized carbons (Fsp3) is 0.767. The van der Waals surface area contributed by atoms with E-state index in [1.165, 1.54) is 113 Å². The Bertz CT molecular complexity index is 2130. The standard InChI is InChI=1S/C60H84N2O6S2/c1-55-21-13-45(69-35-31-61-27-5-6-28-61)37-43(55)9-11-51-49(55)15-23-57(3)47(41-19-33-65-39-41)17-25-59(51,57)67-53(63)54(64)68-60-26-18-48(42-20-34-66-40-42)58(60,4)24-16-50-52(60)12-10-44-38-46(14-22-56(44,50)2)70-36-32-62-29-7-8-30-62/h19-20,33-34,37-40,45-52H,5-18,21-32,35-36H2,1-4H3/t45?,46?,47?,48?,49-,50-,51-,52-,55+,56+,57-,58-,59-,60-/m1/s1. The third-order valence-electron chi connectivity index (χ3n) is 22.9. The third kappa shape index (κ3) is 7.78. The van der Waals surface area contributed by atoms with Crippen LogP contribution in [0.5, 0.6) is 0 Å². The topological polar surface area (TPSA) is 85.4 Å². The average molecular weight is 993 g/mol. The quantitative estimate of drug-likeness (QED) is 0.116. The molecule has 0 amide bonds. The Morgan fingerprint density at radius 1 is 0.557 bits per heavy atom. The highest BCUT2D eigenvalue weighted by Crippen LogP contribution is 2.74. The molecule has 2 aromatic rings. The van der Waals surface area contributed by atoms with Gasteiger partial charge in [-0.25, -0.2) is 9.59 Å². The van der Waals surface area contributed by atoms with Crippen molar-refractivity contribution in [3.8, 4) is 0 Å². The average Bonchev–Trinajstić information content (AvgIpc) is 4.22. The molecule has 4 heterocycles. The predicted octanol–water partition coefficient (Wildman–Crippen LogP) is 13.4. The van der Waals surface area contributed by atoms with Crippen LogP contribution in [0.2, 0.25) is 0 Å². The molecule has 0 radical (unpaired) electrons. The first-order chi connectivity index (χ1) is 33.9. The van der Waals surface area contributed by atoms with Crippen LogP contribution in [0.25, 0.3) is 0 Å². The maximum absolute atomic E-state index is 15.3. The first-order valence-electron chi connectivity index (χ1n) is 28.5. The Morgan fingerprint density at radius 2 is 0.986 bits per heavy atom. The second kappa shape index (κ2) is 18.8. The van der Waals surface area contributed by atoms with Crippen molar-refractivity contribution in [2.45, 2.75) is 190 Å². The van der Waals surface area contributed by atoms with E-state index >= 15 is 9.59 Å². The SMILES string of the molecule is C[C@]12CCC(SCCN3CCCC3)C=C1CC[C@@H]1[C@H]2CC[C@]2(C)C(c3ccoc3)CC[C@@]12OC(=O)C(=O)O[C@@]12CCC(c3ccoc3)[C@@]1(C)CC[C@@H]1[C@H]2CCC2=CC(SCCN3CCCC3)CC[C@@]21C. The van der Waals surface area contributed by atoms with Gasteiger partial charge in [-0.3, -0.25) is 0 Å². The van der Waals surface area contributed by atoms with Gasteiger partial charge in [-0.1, -0.05) is 51.0 Å². The zero-order valence-electron chi connectivity index (χ0n) is 43.2. The number of esters is 2. The van der Waals surface area contributed by atoms with Crippen LogP contribution >= 0.6 is 23.5 Å². The number of carbonyl (C=O) groups excluding carboxylic acids is 2. The smallest absolute Gasteiger partial charge is 0.418 e. The predicted molar refractivity (Wildman–Crippen MR) is 281 cm³/mol. The van der Waals surface area contributed by atoms with Gasteiger partial charge in [0.25, 0.3) is 0 Å². The summed E-state index contributed by atoms with van der Waals surface area (Å²) >= 11 is 4.34. The van der Waals surface area contributed by atoms with Gasteiger partial charge in [0.05, 0.1) is 25.1 Å². The van der Waals surface area contributed by atoms with Gasteiger partial charge < -0.3 is 28.1 Å². The molecule has 8 aliphatic carbocycles. The van der Waals surface area contributed by atoms with Crippen molar-refractivity contribution >= 4 is 35.5 Å². The van der Waals surface area contributed by atoms with Crippen LogP contribution in [0.3, 0.4) is 0 Å². The van der Waals surface area contributed by atoms with E-state index in [4.69, 9.17) is 18.3 Å². The van der Waals surface area contributed by atoms with Crippen LogP contribution in [0.15, 0.2) is 69.3 Å². The highest BCUT2D eigenvalue weighted by Gasteiger charge is 2.72. The minimum atomic E-state index is -0.766. The van der Waals surface area contributed by atoms with E-state index in [0.717, 1.165) is 77.0 Å². The van der Waals surface area contributed by atoms with E-state index in [1.807, 2.05) is 12.5 Å². The number of nitrogens with zero attached hydrogens (tertiary/aromatic N) is 2. The van der Waals surface area contributed by atoms with Gasteiger partial charge in [-0.15, -0.1) is 0 Å². The van der Waals surface area contributed by atoms with E-state index in [0.29, 0.717) is 22.3 Å². The summed E-state index contributed by atoms with van der Waals surface area (Å²) in [5.74, 6) is 2.47. The molecule has 10 aliphatic rings. The second-order valence-electron chi connectivity index (χ2n) is 25.5. The monoisotopic (exact) mass is 993 g/mol. The van der Waals surface area contributed by atoms with Crippen LogP contribution in [-0.4, -0.2) is 94.2 Å². The molecule has 2 aliphatic heterocycles. The summed E-state index contributed by atoms with van der Waals surface area (Å²) in [5.41, 5.74) is 3.64. The van der Waals surface area contributed by atoms with Crippen LogP contribution in [0.4, 0.5) is 0 Å². The van der Waals surface area contributed by atoms with Crippen molar-refractivity contribution in [3.63, 3.8) is 0 Å². The number of likely N-dealkylation sites (tertiary alicyclic amines) is 2. The fourth-order valence-corrected chi connectivity index (χ4v) is 21.6. The zero-order chi connectivity index (χ0) is 47.9. The summed E-state index contributed by atoms with van der Waals surface area (Å²) < 4.78 is 26.0. The number of carbonyl (C=O) groups is 2. The summed E-state index contributed by atoms with van der Waals surface area (Å²) in [5, 5.41) is 1.17. The maximum Gasteiger partial charge on any atom is 0.418 e. The van der Waals surface area contributed by atoms with Gasteiger partial charge in [0, 0.05) is 57.8 Å². The van der Waals surface area contributed by atoms with Crippen LogP contribution in [-0.2, 0) is 19.1 Å². The van der Waals surface area contributed by atoms with Crippen molar-refractivity contribution in [2.24, 2.45) is 45.3 Å². The van der Waals surface area contributed by atoms with Crippen LogP contribution < -0.4 is 0 Å². The molecule has 4 unspecified atom stereocenters. The Balaban J connectivity index is 0.818. The zero-order valence-corrected chi connectivity index (χ0v) is 44.8. The van der Waals surface area contributed by atoms with Crippen molar-refractivity contribution in [3.05, 3.63) is 71.6 Å². The number of thioether (sulfide) groups is 2. The van der Waals surface area contributed by atoms with Crippen molar-refractivity contribution in [2.75, 3.05) is 50.8 Å². The summed E-state index contributed by atoms with van der Waals surface area (Å²) in [4.78, 5) is 35.9. The first kappa shape index (κ1) is 48.5. The van der Waals surface area contributed by atoms with E-state index in [9.17, 15) is 0 Å². The van der Waals surface area contributed by atoms with Gasteiger partial charge >= 0.3 is 11.9 Å². The Labute approximate surface area is 428 Å². The molecule has 14 atom stereocenters. The molecule has 0 N–H and O–H groups in total. The molecule has 10 heteroatoms. The van der Waals surface area contributed by atoms with Gasteiger partial charge in [0.15, 0.2) is 0 Å². The lowest BCUT2D eigenvalue weighted by atomic mass is 9.45. The Kier molecular flexibility index (Phi) is 13.0. The van der Waals surface area contributed by atoms with Crippen molar-refractivity contribution < 1.29 is 27.9 Å². The van der Waals surface area contributed by atoms with E-state index in [-0.39, 0.29) is 45.3 Å². The number of ether oxygens (including phenoxy) is 2. The number of fused-ring (bicyclic) bond motifs is 10. The molecule has 12 rings (SSSR count). The maximum atomic E-state index is 15.3. The van der Waals surface area contributed by atoms with Crippen LogP contribution in [0.1, 0.15) is 179 Å². The molecule has 0 aromatic carbocycles. The second-order valence-corrected chi connectivity index (χ2v) is 28.2. The summed E-state index contributed by atoms with van der Waals surface area (Å²) in [7, 11) is 0. The van der Waals surface area contributed by atoms with Crippen molar-refractivity contribution in [1.82, 2.24) is 9.80 Å². The minimum absolute atomic E-state index is 0.0730. The van der Waals surface area contributed by atoms with Gasteiger partial charge in [-0.2, -0.15) is 23.5 Å². The number of rotatable bonds is 12. The molecule has 0 bridgehead atoms. The molecular formula is C60H84N2O6S2. The molecule has 6 saturated carbocycles. The van der Waals surface area contributed by atoms with E-state index in [2.05, 4.69) is 85.3 Å². The number of allylic oxidation sites excluding steroid dienone is 2. The largest absolute Gasteiger partial charge is 0.472 e. The minimum Gasteiger partial charge on any atom is -0.472 e. The van der Waals surface area contributed by atoms with Gasteiger partial charge in [0.1, 0.15) is 11.2 Å².